The molecule has 0 fully saturated rings. The molecule has 0 spiro atoms. The number of fused-ring (bicyclic) bond motifs is 1. The molecule has 2 aromatic rings. The van der Waals surface area contributed by atoms with Gasteiger partial charge in [-0.15, -0.1) is 0 Å². The summed E-state index contributed by atoms with van der Waals surface area (Å²) >= 11 is 0. The number of rotatable bonds is 8. The molecule has 0 aliphatic carbocycles. The quantitative estimate of drug-likeness (QED) is 0.441. The maximum atomic E-state index is 12.7. The molecule has 1 atom stereocenters. The summed E-state index contributed by atoms with van der Waals surface area (Å²) in [6, 6.07) is 0. The predicted octanol–water partition coefficient (Wildman–Crippen LogP) is 0.997. The Bertz CT molecular complexity index is 1090. The van der Waals surface area contributed by atoms with Crippen molar-refractivity contribution in [2.75, 3.05) is 7.05 Å². The predicted molar refractivity (Wildman–Crippen MR) is 103 cm³/mol. The minimum Gasteiger partial charge on any atom is -0.463 e. The van der Waals surface area contributed by atoms with Crippen LogP contribution in [0.3, 0.4) is 0 Å². The summed E-state index contributed by atoms with van der Waals surface area (Å²) in [7, 11) is 2.32. The van der Waals surface area contributed by atoms with Crippen molar-refractivity contribution in [3.8, 4) is 0 Å². The van der Waals surface area contributed by atoms with Crippen LogP contribution in [-0.2, 0) is 34.6 Å². The van der Waals surface area contributed by atoms with Crippen molar-refractivity contribution in [2.24, 2.45) is 7.05 Å². The Labute approximate surface area is 174 Å². The summed E-state index contributed by atoms with van der Waals surface area (Å²) in [5, 5.41) is 0. The van der Waals surface area contributed by atoms with E-state index in [0.717, 1.165) is 27.1 Å². The van der Waals surface area contributed by atoms with Crippen molar-refractivity contribution in [3.63, 3.8) is 0 Å². The number of aromatic nitrogens is 4. The van der Waals surface area contributed by atoms with Gasteiger partial charge in [0.15, 0.2) is 11.2 Å². The fourth-order valence-corrected chi connectivity index (χ4v) is 3.22. The molecule has 2 rings (SSSR count). The molecule has 10 nitrogen and oxygen atoms in total. The first kappa shape index (κ1) is 24.2. The van der Waals surface area contributed by atoms with Crippen LogP contribution < -0.4 is 11.2 Å². The minimum absolute atomic E-state index is 0.0107. The lowest BCUT2D eigenvalue weighted by Gasteiger charge is -2.20. The Kier molecular flexibility index (Phi) is 7.28. The first-order valence-electron chi connectivity index (χ1n) is 9.48. The average molecular weight is 447 g/mol. The maximum absolute atomic E-state index is 12.7. The molecule has 0 aromatic carbocycles. The van der Waals surface area contributed by atoms with Crippen molar-refractivity contribution in [1.29, 1.82) is 0 Å². The van der Waals surface area contributed by atoms with Gasteiger partial charge in [-0.05, 0) is 26.2 Å². The standard InChI is InChI=1S/C18H24F3N5O5/c1-11(31-12(2)27)7-5-6-8-26-15(28)13-14(24(4)17(26)30)25(9-22-13)10-23(3)16(29)18(19,20)21/h9,11H,5-8,10H2,1-4H3. The van der Waals surface area contributed by atoms with Crippen LogP contribution >= 0.6 is 0 Å². The maximum Gasteiger partial charge on any atom is 0.471 e. The highest BCUT2D eigenvalue weighted by atomic mass is 19.4. The lowest BCUT2D eigenvalue weighted by molar-refractivity contribution is -0.185. The SMILES string of the molecule is CC(=O)OC(C)CCCCn1c(=O)c2ncn(CN(C)C(=O)C(F)(F)F)c2n(C)c1=O. The number of imidazole rings is 1. The van der Waals surface area contributed by atoms with Crippen molar-refractivity contribution in [3.05, 3.63) is 27.2 Å². The number of esters is 1. The molecule has 172 valence electrons. The smallest absolute Gasteiger partial charge is 0.463 e. The molecule has 0 bridgehead atoms. The number of ether oxygens (including phenoxy) is 1. The van der Waals surface area contributed by atoms with E-state index in [2.05, 4.69) is 4.98 Å². The fraction of sp³-hybridized carbons (Fsp3) is 0.611. The molecular formula is C18H24F3N5O5. The monoisotopic (exact) mass is 447 g/mol. The second kappa shape index (κ2) is 9.35. The van der Waals surface area contributed by atoms with Crippen molar-refractivity contribution >= 4 is 23.0 Å². The van der Waals surface area contributed by atoms with Crippen LogP contribution in [0.25, 0.3) is 11.2 Å². The minimum atomic E-state index is -5.04. The Balaban J connectivity index is 2.22. The normalized spacial score (nSPS) is 12.7. The second-order valence-corrected chi connectivity index (χ2v) is 7.24. The molecule has 0 radical (unpaired) electrons. The van der Waals surface area contributed by atoms with Crippen LogP contribution in [0.2, 0.25) is 0 Å². The van der Waals surface area contributed by atoms with Gasteiger partial charge in [0.2, 0.25) is 0 Å². The number of amides is 1. The molecule has 0 N–H and O–H groups in total. The molecule has 1 amide bonds. The summed E-state index contributed by atoms with van der Waals surface area (Å²) < 4.78 is 46.1. The van der Waals surface area contributed by atoms with Gasteiger partial charge < -0.3 is 9.64 Å². The highest BCUT2D eigenvalue weighted by Crippen LogP contribution is 2.18. The van der Waals surface area contributed by atoms with Gasteiger partial charge in [0, 0.05) is 27.6 Å². The first-order chi connectivity index (χ1) is 14.3. The van der Waals surface area contributed by atoms with Gasteiger partial charge >= 0.3 is 23.7 Å². The van der Waals surface area contributed by atoms with E-state index in [9.17, 15) is 32.3 Å². The first-order valence-corrected chi connectivity index (χ1v) is 9.48. The van der Waals surface area contributed by atoms with Crippen LogP contribution in [0.5, 0.6) is 0 Å². The second-order valence-electron chi connectivity index (χ2n) is 7.24. The van der Waals surface area contributed by atoms with E-state index in [0.29, 0.717) is 24.2 Å². The third-order valence-corrected chi connectivity index (χ3v) is 4.66. The molecule has 2 heterocycles. The summed E-state index contributed by atoms with van der Waals surface area (Å²) in [6.07, 6.45) is -2.60. The Morgan fingerprint density at radius 3 is 2.48 bits per heavy atom. The van der Waals surface area contributed by atoms with Crippen LogP contribution in [0.15, 0.2) is 15.9 Å². The van der Waals surface area contributed by atoms with Gasteiger partial charge in [0.1, 0.15) is 6.67 Å². The molecule has 0 saturated heterocycles. The number of hydrogen-bond donors (Lipinski definition) is 0. The van der Waals surface area contributed by atoms with Gasteiger partial charge in [-0.25, -0.2) is 9.78 Å². The molecule has 1 unspecified atom stereocenters. The average Bonchev–Trinajstić information content (AvgIpc) is 3.07. The number of carbonyl (C=O) groups excluding carboxylic acids is 2. The van der Waals surface area contributed by atoms with E-state index in [4.69, 9.17) is 4.74 Å². The molecule has 13 heteroatoms. The van der Waals surface area contributed by atoms with Crippen molar-refractivity contribution < 1.29 is 27.5 Å². The lowest BCUT2D eigenvalue weighted by atomic mass is 10.2. The van der Waals surface area contributed by atoms with Crippen LogP contribution in [-0.4, -0.2) is 54.8 Å². The number of nitrogens with zero attached hydrogens (tertiary/aromatic N) is 5. The zero-order chi connectivity index (χ0) is 23.5. The lowest BCUT2D eigenvalue weighted by Crippen LogP contribution is -2.41. The molecule has 0 aliphatic rings. The van der Waals surface area contributed by atoms with Gasteiger partial charge in [0.05, 0.1) is 12.4 Å². The molecule has 0 aliphatic heterocycles. The van der Waals surface area contributed by atoms with Gasteiger partial charge in [-0.3, -0.25) is 28.1 Å². The van der Waals surface area contributed by atoms with E-state index in [1.165, 1.54) is 14.0 Å². The number of alkyl halides is 3. The van der Waals surface area contributed by atoms with Gasteiger partial charge in [0.25, 0.3) is 5.56 Å². The van der Waals surface area contributed by atoms with Crippen molar-refractivity contribution in [1.82, 2.24) is 23.6 Å². The highest BCUT2D eigenvalue weighted by Gasteiger charge is 2.41. The molecule has 2 aromatic heterocycles. The van der Waals surface area contributed by atoms with Gasteiger partial charge in [-0.1, -0.05) is 0 Å². The molecular weight excluding hydrogens is 423 g/mol. The zero-order valence-electron chi connectivity index (χ0n) is 17.6. The number of unbranched alkanes of at least 4 members (excludes halogenated alkanes) is 1. The summed E-state index contributed by atoms with van der Waals surface area (Å²) in [4.78, 5) is 52.0. The van der Waals surface area contributed by atoms with Crippen molar-refractivity contribution in [2.45, 2.75) is 58.6 Å². The van der Waals surface area contributed by atoms with E-state index >= 15 is 0 Å². The topological polar surface area (TPSA) is 108 Å². The Morgan fingerprint density at radius 2 is 1.90 bits per heavy atom. The van der Waals surface area contributed by atoms with Crippen LogP contribution in [0.4, 0.5) is 13.2 Å². The van der Waals surface area contributed by atoms with E-state index in [-0.39, 0.29) is 29.8 Å². The number of aryl methyl sites for hydroxylation is 1. The van der Waals surface area contributed by atoms with Gasteiger partial charge in [-0.2, -0.15) is 13.2 Å². The Hall–Kier alpha value is -3.12. The molecule has 31 heavy (non-hydrogen) atoms. The van der Waals surface area contributed by atoms with E-state index < -0.39 is 30.0 Å². The Morgan fingerprint density at radius 1 is 1.26 bits per heavy atom. The summed E-state index contributed by atoms with van der Waals surface area (Å²) in [5.41, 5.74) is -1.41. The summed E-state index contributed by atoms with van der Waals surface area (Å²) in [5.74, 6) is -2.45. The van der Waals surface area contributed by atoms with E-state index in [1.54, 1.807) is 6.92 Å². The number of carbonyl (C=O) groups is 2. The van der Waals surface area contributed by atoms with Crippen LogP contribution in [0, 0.1) is 0 Å². The zero-order valence-corrected chi connectivity index (χ0v) is 17.6. The van der Waals surface area contributed by atoms with Crippen LogP contribution in [0.1, 0.15) is 33.1 Å². The third kappa shape index (κ3) is 5.52. The fourth-order valence-electron chi connectivity index (χ4n) is 3.22. The summed E-state index contributed by atoms with van der Waals surface area (Å²) in [6.45, 7) is 2.62. The van der Waals surface area contributed by atoms with E-state index in [1.807, 2.05) is 0 Å². The number of halogens is 3. The largest absolute Gasteiger partial charge is 0.471 e. The molecule has 0 saturated carbocycles. The third-order valence-electron chi connectivity index (χ3n) is 4.66. The number of hydrogen-bond acceptors (Lipinski definition) is 6. The highest BCUT2D eigenvalue weighted by molar-refractivity contribution is 5.81.